The number of aromatic amines is 2. The maximum absolute atomic E-state index is 7.26. The van der Waals surface area contributed by atoms with Gasteiger partial charge in [0.15, 0.2) is 34.8 Å². The van der Waals surface area contributed by atoms with E-state index >= 15 is 0 Å². The number of fused-ring (bicyclic) bond motifs is 26. The van der Waals surface area contributed by atoms with Crippen molar-refractivity contribution in [3.05, 3.63) is 121 Å². The number of nitrogens with zero attached hydrogens (tertiary/aromatic N) is 8. The molecule has 16 heteroatoms. The van der Waals surface area contributed by atoms with E-state index in [1.807, 2.05) is 24.4 Å². The Morgan fingerprint density at radius 1 is 0.302 bits per heavy atom. The summed E-state index contributed by atoms with van der Waals surface area (Å²) in [7, 11) is 0. The average molecular weight is 1280 g/mol. The Bertz CT molecular complexity index is 5410. The Labute approximate surface area is 557 Å². The second kappa shape index (κ2) is 26.5. The van der Waals surface area contributed by atoms with Crippen LogP contribution in [-0.4, -0.2) is 89.5 Å². The van der Waals surface area contributed by atoms with E-state index in [1.165, 1.54) is 0 Å². The molecule has 0 radical (unpaired) electrons. The fourth-order valence-electron chi connectivity index (χ4n) is 13.8. The second-order valence-electron chi connectivity index (χ2n) is 25.3. The predicted molar refractivity (Wildman–Crippen MR) is 389 cm³/mol. The Morgan fingerprint density at radius 3 is 1.04 bits per heavy atom. The van der Waals surface area contributed by atoms with E-state index < -0.39 is 0 Å². The van der Waals surface area contributed by atoms with Crippen molar-refractivity contribution in [3.8, 4) is 80.0 Å². The van der Waals surface area contributed by atoms with E-state index in [2.05, 4.69) is 144 Å². The summed E-state index contributed by atoms with van der Waals surface area (Å²) in [6.45, 7) is 19.9. The SMILES string of the molecule is CCCCOc1c2c(c(OCCCC)c3cc4ccccc4cc13)-c1nc-2nc2[nH]c(nc3nc(nc4[nH]c(n1)c1c(OCCCC)c5ncccc5c(C)c41)-c1c-3c(OCCCC)c3cccnc3c1OCCCC)c1c(C)c3cc4ccccc4cc3c(OCCCC)c21. The highest BCUT2D eigenvalue weighted by molar-refractivity contribution is 6.22. The highest BCUT2D eigenvalue weighted by atomic mass is 16.5. The monoisotopic (exact) mass is 1280 g/mol. The van der Waals surface area contributed by atoms with Crippen LogP contribution in [0.2, 0.25) is 0 Å². The molecular weight excluding hydrogens is 1200 g/mol. The van der Waals surface area contributed by atoms with Gasteiger partial charge in [0.25, 0.3) is 0 Å². The van der Waals surface area contributed by atoms with Crippen LogP contribution in [0.25, 0.3) is 155 Å². The molecule has 8 bridgehead atoms. The molecule has 0 spiro atoms. The second-order valence-corrected chi connectivity index (χ2v) is 25.3. The molecule has 15 rings (SSSR count). The van der Waals surface area contributed by atoms with E-state index in [-0.39, 0.29) is 0 Å². The Morgan fingerprint density at radius 2 is 0.615 bits per heavy atom. The smallest absolute Gasteiger partial charge is 0.168 e. The molecule has 8 aromatic carbocycles. The number of benzene rings is 8. The van der Waals surface area contributed by atoms with Gasteiger partial charge in [-0.05, 0) is 133 Å². The molecule has 0 atom stereocenters. The summed E-state index contributed by atoms with van der Waals surface area (Å²) in [6, 6.07) is 33.9. The van der Waals surface area contributed by atoms with Gasteiger partial charge in [-0.25, -0.2) is 29.9 Å². The predicted octanol–water partition coefficient (Wildman–Crippen LogP) is 20.3. The van der Waals surface area contributed by atoms with Gasteiger partial charge in [0.1, 0.15) is 56.6 Å². The average Bonchev–Trinajstić information content (AvgIpc) is 1.53. The summed E-state index contributed by atoms with van der Waals surface area (Å²) in [4.78, 5) is 52.6. The lowest BCUT2D eigenvalue weighted by molar-refractivity contribution is 0.308. The third-order valence-corrected chi connectivity index (χ3v) is 18.8. The maximum atomic E-state index is 7.26. The highest BCUT2D eigenvalue weighted by Gasteiger charge is 2.36. The van der Waals surface area contributed by atoms with Crippen LogP contribution in [0.4, 0.5) is 0 Å². The normalized spacial score (nSPS) is 12.1. The van der Waals surface area contributed by atoms with Crippen LogP contribution < -0.4 is 28.4 Å². The van der Waals surface area contributed by atoms with Crippen molar-refractivity contribution in [2.45, 2.75) is 132 Å². The van der Waals surface area contributed by atoms with E-state index in [9.17, 15) is 0 Å². The number of nitrogens with one attached hydrogen (secondary N) is 2. The van der Waals surface area contributed by atoms with Crippen LogP contribution in [0.3, 0.4) is 0 Å². The fraction of sp³-hybridized carbons (Fsp3) is 0.325. The highest BCUT2D eigenvalue weighted by Crippen LogP contribution is 2.56. The minimum absolute atomic E-state index is 0.348. The molecular formula is C80H80N10O6. The van der Waals surface area contributed by atoms with Gasteiger partial charge in [-0.2, -0.15) is 0 Å². The lowest BCUT2D eigenvalue weighted by atomic mass is 9.95. The van der Waals surface area contributed by atoms with Crippen LogP contribution in [0.15, 0.2) is 109 Å². The third kappa shape index (κ3) is 10.7. The molecule has 2 aliphatic heterocycles. The van der Waals surface area contributed by atoms with Crippen molar-refractivity contribution in [3.63, 3.8) is 0 Å². The van der Waals surface area contributed by atoms with Crippen molar-refractivity contribution in [1.29, 1.82) is 0 Å². The minimum Gasteiger partial charge on any atom is -0.492 e. The molecule has 486 valence electrons. The quantitative estimate of drug-likeness (QED) is 0.0429. The molecule has 96 heavy (non-hydrogen) atoms. The number of ether oxygens (including phenoxy) is 6. The number of hydrogen-bond donors (Lipinski definition) is 2. The topological polar surface area (TPSA) is 190 Å². The largest absolute Gasteiger partial charge is 0.492 e. The number of aromatic nitrogens is 10. The number of hydrogen-bond acceptors (Lipinski definition) is 14. The molecule has 16 nitrogen and oxygen atoms in total. The first-order valence-corrected chi connectivity index (χ1v) is 34.7. The van der Waals surface area contributed by atoms with Gasteiger partial charge in [-0.15, -0.1) is 0 Å². The van der Waals surface area contributed by atoms with Crippen molar-refractivity contribution in [1.82, 2.24) is 49.8 Å². The summed E-state index contributed by atoms with van der Waals surface area (Å²) in [5.41, 5.74) is 7.70. The van der Waals surface area contributed by atoms with Gasteiger partial charge in [0.2, 0.25) is 0 Å². The van der Waals surface area contributed by atoms with Gasteiger partial charge in [-0.1, -0.05) is 135 Å². The van der Waals surface area contributed by atoms with E-state index in [0.717, 1.165) is 158 Å². The fourth-order valence-corrected chi connectivity index (χ4v) is 13.8. The summed E-state index contributed by atoms with van der Waals surface area (Å²) in [5, 5.41) is 12.7. The Balaban J connectivity index is 1.20. The van der Waals surface area contributed by atoms with Crippen LogP contribution >= 0.6 is 0 Å². The van der Waals surface area contributed by atoms with Crippen molar-refractivity contribution in [2.24, 2.45) is 0 Å². The summed E-state index contributed by atoms with van der Waals surface area (Å²) >= 11 is 0. The van der Waals surface area contributed by atoms with Gasteiger partial charge in [0, 0.05) is 50.1 Å². The van der Waals surface area contributed by atoms with E-state index in [1.54, 1.807) is 6.20 Å². The number of H-pyrrole nitrogens is 2. The zero-order valence-electron chi connectivity index (χ0n) is 56.1. The Kier molecular flexibility index (Phi) is 17.1. The van der Waals surface area contributed by atoms with E-state index in [0.29, 0.717) is 159 Å². The lowest BCUT2D eigenvalue weighted by Crippen LogP contribution is -2.04. The number of aryl methyl sites for hydroxylation is 2. The van der Waals surface area contributed by atoms with Crippen molar-refractivity contribution in [2.75, 3.05) is 39.6 Å². The number of unbranched alkanes of at least 4 members (excludes halogenated alkanes) is 6. The van der Waals surface area contributed by atoms with Crippen LogP contribution in [0.5, 0.6) is 34.5 Å². The third-order valence-electron chi connectivity index (χ3n) is 18.8. The molecule has 2 N–H and O–H groups in total. The van der Waals surface area contributed by atoms with Gasteiger partial charge in [-0.3, -0.25) is 9.97 Å². The molecule has 5 aromatic heterocycles. The molecule has 0 aliphatic carbocycles. The maximum Gasteiger partial charge on any atom is 0.168 e. The van der Waals surface area contributed by atoms with Crippen molar-refractivity contribution < 1.29 is 28.4 Å². The first-order valence-electron chi connectivity index (χ1n) is 34.7. The molecule has 0 saturated carbocycles. The molecule has 7 heterocycles. The van der Waals surface area contributed by atoms with Crippen molar-refractivity contribution >= 4 is 109 Å². The molecule has 2 aliphatic rings. The summed E-state index contributed by atoms with van der Waals surface area (Å²) in [6.07, 6.45) is 14.0. The zero-order chi connectivity index (χ0) is 65.6. The molecule has 0 saturated heterocycles. The standard InChI is InChI=1S/C80H80N10O6/c1-9-15-35-91-67-52-32-26-34-82-66(52)72(96-40-20-14-6)64-63(67)79-85-74-58-46(8)53-41-47-27-21-22-28-48(47)42-54(53)68(92-36-16-10-2)59(58)75(83-74)87-77-61-62(70(94-38-18-12-4)56-44-50-30-24-23-29-49(50)43-55(56)69(61)93-37-17-11-3)78(89-77)88-76-60-57(73(84-76)86-80(64)90-79)45(7)51-31-25-33-81-65(51)71(60)95-39-19-13-5/h21-34,41-44H,9-20,35-40H2,1-8H3,(H2,83,84,85,86,87,88,89,90). The lowest BCUT2D eigenvalue weighted by Gasteiger charge is -2.19. The molecule has 0 fully saturated rings. The minimum atomic E-state index is 0.348. The van der Waals surface area contributed by atoms with Gasteiger partial charge < -0.3 is 38.4 Å². The first-order chi connectivity index (χ1) is 47.2. The van der Waals surface area contributed by atoms with Crippen LogP contribution in [-0.2, 0) is 0 Å². The zero-order valence-corrected chi connectivity index (χ0v) is 56.1. The summed E-state index contributed by atoms with van der Waals surface area (Å²) < 4.78 is 42.9. The van der Waals surface area contributed by atoms with Gasteiger partial charge in [0.05, 0.1) is 72.7 Å². The Hall–Kier alpha value is -10.2. The molecule has 0 unspecified atom stereocenters. The van der Waals surface area contributed by atoms with E-state index in [4.69, 9.17) is 68.3 Å². The molecule has 0 amide bonds. The summed E-state index contributed by atoms with van der Waals surface area (Å²) in [5.74, 6) is 5.09. The number of rotatable bonds is 24. The number of pyridine rings is 2. The van der Waals surface area contributed by atoms with Crippen LogP contribution in [0.1, 0.15) is 130 Å². The van der Waals surface area contributed by atoms with Crippen LogP contribution in [0, 0.1) is 13.8 Å². The molecule has 13 aromatic rings. The van der Waals surface area contributed by atoms with Gasteiger partial charge >= 0.3 is 0 Å². The first kappa shape index (κ1) is 61.9.